The third kappa shape index (κ3) is 4.73. The molecule has 0 aliphatic carbocycles. The lowest BCUT2D eigenvalue weighted by Gasteiger charge is -2.23. The minimum Gasteiger partial charge on any atom is -0.489 e. The van der Waals surface area contributed by atoms with Crippen molar-refractivity contribution >= 4 is 12.4 Å². The average molecular weight is 347 g/mol. The second-order valence-electron chi connectivity index (χ2n) is 6.86. The number of hydrogen-bond donors (Lipinski definition) is 1. The van der Waals surface area contributed by atoms with Gasteiger partial charge in [-0.25, -0.2) is 0 Å². The van der Waals surface area contributed by atoms with Crippen LogP contribution in [0.4, 0.5) is 0 Å². The van der Waals surface area contributed by atoms with E-state index in [4.69, 9.17) is 10.5 Å². The van der Waals surface area contributed by atoms with E-state index in [1.165, 1.54) is 17.5 Å². The second kappa shape index (κ2) is 8.52. The minimum atomic E-state index is 0. The van der Waals surface area contributed by atoms with Crippen molar-refractivity contribution in [1.29, 1.82) is 0 Å². The summed E-state index contributed by atoms with van der Waals surface area (Å²) in [6, 6.07) is 18.7. The van der Waals surface area contributed by atoms with Gasteiger partial charge in [0.15, 0.2) is 0 Å². The van der Waals surface area contributed by atoms with E-state index >= 15 is 0 Å². The number of ether oxygens (including phenoxy) is 1. The molecule has 1 aliphatic heterocycles. The van der Waals surface area contributed by atoms with E-state index in [9.17, 15) is 0 Å². The van der Waals surface area contributed by atoms with E-state index in [0.29, 0.717) is 6.61 Å². The molecular formula is C20H27ClN2O. The number of likely N-dealkylation sites (tertiary alicyclic amines) is 1. The molecule has 2 aromatic carbocycles. The summed E-state index contributed by atoms with van der Waals surface area (Å²) in [6.45, 7) is 6.76. The van der Waals surface area contributed by atoms with E-state index in [1.807, 2.05) is 24.3 Å². The molecule has 0 amide bonds. The first-order chi connectivity index (χ1) is 11.2. The molecule has 0 radical (unpaired) electrons. The number of hydrogen-bond acceptors (Lipinski definition) is 3. The van der Waals surface area contributed by atoms with Crippen molar-refractivity contribution in [3.63, 3.8) is 0 Å². The maximum Gasteiger partial charge on any atom is 0.124 e. The average Bonchev–Trinajstić information content (AvgIpc) is 2.97. The van der Waals surface area contributed by atoms with Crippen molar-refractivity contribution in [3.8, 4) is 5.75 Å². The van der Waals surface area contributed by atoms with Crippen molar-refractivity contribution in [3.05, 3.63) is 65.7 Å². The Kier molecular flexibility index (Phi) is 6.67. The highest BCUT2D eigenvalue weighted by atomic mass is 35.5. The number of para-hydroxylation sites is 1. The molecule has 2 N–H and O–H groups in total. The summed E-state index contributed by atoms with van der Waals surface area (Å²) in [5.41, 5.74) is 8.63. The van der Waals surface area contributed by atoms with Crippen LogP contribution >= 0.6 is 12.4 Å². The van der Waals surface area contributed by atoms with Crippen LogP contribution in [-0.2, 0) is 13.2 Å². The molecule has 130 valence electrons. The van der Waals surface area contributed by atoms with Crippen molar-refractivity contribution in [2.75, 3.05) is 19.6 Å². The van der Waals surface area contributed by atoms with Gasteiger partial charge in [0.1, 0.15) is 12.4 Å². The zero-order valence-corrected chi connectivity index (χ0v) is 15.1. The van der Waals surface area contributed by atoms with Gasteiger partial charge in [0.05, 0.1) is 0 Å². The first kappa shape index (κ1) is 18.8. The lowest BCUT2D eigenvalue weighted by Crippen LogP contribution is -2.31. The number of nitrogens with two attached hydrogens (primary N) is 1. The molecule has 1 saturated heterocycles. The molecule has 1 aliphatic rings. The third-order valence-electron chi connectivity index (χ3n) is 4.73. The van der Waals surface area contributed by atoms with Gasteiger partial charge in [0, 0.05) is 18.7 Å². The van der Waals surface area contributed by atoms with Crippen molar-refractivity contribution in [2.45, 2.75) is 26.5 Å². The van der Waals surface area contributed by atoms with Gasteiger partial charge in [0.25, 0.3) is 0 Å². The Bertz CT molecular complexity index is 635. The van der Waals surface area contributed by atoms with Crippen LogP contribution in [0.15, 0.2) is 54.6 Å². The van der Waals surface area contributed by atoms with Crippen LogP contribution in [0.25, 0.3) is 0 Å². The topological polar surface area (TPSA) is 38.5 Å². The summed E-state index contributed by atoms with van der Waals surface area (Å²) in [5.74, 6) is 0.984. The van der Waals surface area contributed by atoms with E-state index < -0.39 is 0 Å². The van der Waals surface area contributed by atoms with Crippen molar-refractivity contribution in [1.82, 2.24) is 4.90 Å². The van der Waals surface area contributed by atoms with Crippen molar-refractivity contribution < 1.29 is 4.74 Å². The molecule has 1 atom stereocenters. The first-order valence-corrected chi connectivity index (χ1v) is 8.36. The Morgan fingerprint density at radius 3 is 2.50 bits per heavy atom. The number of benzene rings is 2. The number of nitrogens with zero attached hydrogens (tertiary/aromatic N) is 1. The summed E-state index contributed by atoms with van der Waals surface area (Å²) in [6.07, 6.45) is 1.18. The first-order valence-electron chi connectivity index (χ1n) is 8.36. The molecule has 4 heteroatoms. The van der Waals surface area contributed by atoms with E-state index in [2.05, 4.69) is 42.2 Å². The smallest absolute Gasteiger partial charge is 0.124 e. The maximum atomic E-state index is 6.06. The fourth-order valence-electron chi connectivity index (χ4n) is 3.18. The number of halogens is 1. The second-order valence-corrected chi connectivity index (χ2v) is 6.86. The normalized spacial score (nSPS) is 20.6. The predicted molar refractivity (Wildman–Crippen MR) is 102 cm³/mol. The molecule has 3 rings (SSSR count). The monoisotopic (exact) mass is 346 g/mol. The molecule has 24 heavy (non-hydrogen) atoms. The third-order valence-corrected chi connectivity index (χ3v) is 4.73. The summed E-state index contributed by atoms with van der Waals surface area (Å²) in [4.78, 5) is 2.48. The van der Waals surface area contributed by atoms with Gasteiger partial charge in [-0.05, 0) is 36.6 Å². The minimum absolute atomic E-state index is 0. The Morgan fingerprint density at radius 2 is 1.79 bits per heavy atom. The fourth-order valence-corrected chi connectivity index (χ4v) is 3.18. The van der Waals surface area contributed by atoms with Crippen LogP contribution in [0.5, 0.6) is 5.75 Å². The van der Waals surface area contributed by atoms with Crippen molar-refractivity contribution in [2.24, 2.45) is 11.1 Å². The van der Waals surface area contributed by atoms with Crippen LogP contribution in [0.3, 0.4) is 0 Å². The summed E-state index contributed by atoms with van der Waals surface area (Å²) in [7, 11) is 0. The van der Waals surface area contributed by atoms with Crippen LogP contribution in [-0.4, -0.2) is 24.5 Å². The molecule has 0 spiro atoms. The number of rotatable bonds is 6. The zero-order chi connectivity index (χ0) is 16.1. The largest absolute Gasteiger partial charge is 0.489 e. The van der Waals surface area contributed by atoms with Gasteiger partial charge in [-0.15, -0.1) is 12.4 Å². The SMILES string of the molecule is CC1(CN)CCN(Cc2ccccc2OCc2ccccc2)C1.Cl. The van der Waals surface area contributed by atoms with Crippen LogP contribution in [0, 0.1) is 5.41 Å². The van der Waals surface area contributed by atoms with Crippen LogP contribution in [0.2, 0.25) is 0 Å². The standard InChI is InChI=1S/C20H26N2O.ClH/c1-20(15-21)11-12-22(16-20)13-18-9-5-6-10-19(18)23-14-17-7-3-2-4-8-17;/h2-10H,11-16,21H2,1H3;1H. The highest BCUT2D eigenvalue weighted by Gasteiger charge is 2.32. The van der Waals surface area contributed by atoms with E-state index in [1.54, 1.807) is 0 Å². The van der Waals surface area contributed by atoms with Crippen LogP contribution < -0.4 is 10.5 Å². The van der Waals surface area contributed by atoms with E-state index in [-0.39, 0.29) is 17.8 Å². The predicted octanol–water partition coefficient (Wildman–Crippen LogP) is 3.86. The molecule has 2 aromatic rings. The lowest BCUT2D eigenvalue weighted by molar-refractivity contribution is 0.262. The molecule has 1 unspecified atom stereocenters. The molecule has 3 nitrogen and oxygen atoms in total. The van der Waals surface area contributed by atoms with Gasteiger partial charge in [0.2, 0.25) is 0 Å². The van der Waals surface area contributed by atoms with E-state index in [0.717, 1.165) is 31.9 Å². The Morgan fingerprint density at radius 1 is 1.08 bits per heavy atom. The van der Waals surface area contributed by atoms with Gasteiger partial charge in [-0.2, -0.15) is 0 Å². The summed E-state index contributed by atoms with van der Waals surface area (Å²) < 4.78 is 6.06. The molecule has 1 fully saturated rings. The van der Waals surface area contributed by atoms with Gasteiger partial charge < -0.3 is 10.5 Å². The van der Waals surface area contributed by atoms with Gasteiger partial charge in [-0.1, -0.05) is 55.5 Å². The fraction of sp³-hybridized carbons (Fsp3) is 0.400. The Hall–Kier alpha value is -1.55. The Labute approximate surface area is 151 Å². The molecule has 0 aromatic heterocycles. The maximum absolute atomic E-state index is 6.06. The molecule has 0 saturated carbocycles. The highest BCUT2D eigenvalue weighted by Crippen LogP contribution is 2.31. The zero-order valence-electron chi connectivity index (χ0n) is 14.3. The lowest BCUT2D eigenvalue weighted by atomic mass is 9.90. The molecular weight excluding hydrogens is 320 g/mol. The molecule has 1 heterocycles. The quantitative estimate of drug-likeness (QED) is 0.863. The van der Waals surface area contributed by atoms with Gasteiger partial charge >= 0.3 is 0 Å². The van der Waals surface area contributed by atoms with Gasteiger partial charge in [-0.3, -0.25) is 4.90 Å². The Balaban J connectivity index is 0.00000208. The summed E-state index contributed by atoms with van der Waals surface area (Å²) in [5, 5.41) is 0. The molecule has 0 bridgehead atoms. The van der Waals surface area contributed by atoms with Crippen LogP contribution in [0.1, 0.15) is 24.5 Å². The highest BCUT2D eigenvalue weighted by molar-refractivity contribution is 5.85. The summed E-state index contributed by atoms with van der Waals surface area (Å²) >= 11 is 0.